The lowest BCUT2D eigenvalue weighted by Gasteiger charge is -2.20. The molecule has 1 fully saturated rings. The number of carbonyl (C=O) groups is 2. The molecule has 1 aliphatic rings. The molecule has 7 heteroatoms. The predicted molar refractivity (Wildman–Crippen MR) is 83.5 cm³/mol. The third-order valence-electron chi connectivity index (χ3n) is 3.71. The minimum absolute atomic E-state index is 0.198. The van der Waals surface area contributed by atoms with Gasteiger partial charge in [-0.1, -0.05) is 11.6 Å². The SMILES string of the molecule is COc1ccc(Cl)cc1NC(=O)CCN1CCCC1C(=O)O. The summed E-state index contributed by atoms with van der Waals surface area (Å²) in [5.41, 5.74) is 0.510. The summed E-state index contributed by atoms with van der Waals surface area (Å²) in [7, 11) is 1.51. The number of carboxylic acids is 1. The number of nitrogens with one attached hydrogen (secondary N) is 1. The van der Waals surface area contributed by atoms with Gasteiger partial charge in [-0.05, 0) is 37.6 Å². The average Bonchev–Trinajstić information content (AvgIpc) is 2.94. The Balaban J connectivity index is 1.91. The molecule has 22 heavy (non-hydrogen) atoms. The number of ether oxygens (including phenoxy) is 1. The number of carbonyl (C=O) groups excluding carboxylic acids is 1. The molecule has 0 radical (unpaired) electrons. The molecule has 0 aromatic heterocycles. The smallest absolute Gasteiger partial charge is 0.320 e. The van der Waals surface area contributed by atoms with Crippen LogP contribution < -0.4 is 10.1 Å². The molecule has 1 atom stereocenters. The van der Waals surface area contributed by atoms with E-state index in [2.05, 4.69) is 5.32 Å². The maximum Gasteiger partial charge on any atom is 0.320 e. The van der Waals surface area contributed by atoms with Crippen molar-refractivity contribution in [2.24, 2.45) is 0 Å². The Hall–Kier alpha value is -1.79. The third-order valence-corrected chi connectivity index (χ3v) is 3.95. The number of nitrogens with zero attached hydrogens (tertiary/aromatic N) is 1. The lowest BCUT2D eigenvalue weighted by molar-refractivity contribution is -0.142. The fourth-order valence-corrected chi connectivity index (χ4v) is 2.78. The van der Waals surface area contributed by atoms with Gasteiger partial charge in [-0.15, -0.1) is 0 Å². The number of hydrogen-bond donors (Lipinski definition) is 2. The largest absolute Gasteiger partial charge is 0.495 e. The maximum absolute atomic E-state index is 12.0. The second-order valence-electron chi connectivity index (χ2n) is 5.18. The van der Waals surface area contributed by atoms with Gasteiger partial charge in [0.1, 0.15) is 11.8 Å². The van der Waals surface area contributed by atoms with Crippen LogP contribution in [-0.2, 0) is 9.59 Å². The number of likely N-dealkylation sites (tertiary alicyclic amines) is 1. The first-order valence-electron chi connectivity index (χ1n) is 7.11. The number of methoxy groups -OCH3 is 1. The molecule has 2 rings (SSSR count). The van der Waals surface area contributed by atoms with Gasteiger partial charge >= 0.3 is 5.97 Å². The monoisotopic (exact) mass is 326 g/mol. The Labute approximate surface area is 134 Å². The molecule has 1 aliphatic heterocycles. The van der Waals surface area contributed by atoms with Crippen LogP contribution in [0.1, 0.15) is 19.3 Å². The van der Waals surface area contributed by atoms with Crippen LogP contribution in [0.25, 0.3) is 0 Å². The number of anilines is 1. The minimum Gasteiger partial charge on any atom is -0.495 e. The zero-order valence-corrected chi connectivity index (χ0v) is 13.1. The fourth-order valence-electron chi connectivity index (χ4n) is 2.61. The zero-order chi connectivity index (χ0) is 16.1. The van der Waals surface area contributed by atoms with Crippen LogP contribution in [-0.4, -0.2) is 48.1 Å². The third kappa shape index (κ3) is 4.11. The highest BCUT2D eigenvalue weighted by atomic mass is 35.5. The van der Waals surface area contributed by atoms with E-state index in [0.29, 0.717) is 36.0 Å². The van der Waals surface area contributed by atoms with E-state index in [1.807, 2.05) is 4.90 Å². The molecule has 1 amide bonds. The summed E-state index contributed by atoms with van der Waals surface area (Å²) in [5.74, 6) is -0.492. The highest BCUT2D eigenvalue weighted by Gasteiger charge is 2.30. The topological polar surface area (TPSA) is 78.9 Å². The molecule has 120 valence electrons. The number of halogens is 1. The Morgan fingerprint density at radius 2 is 2.27 bits per heavy atom. The van der Waals surface area contributed by atoms with E-state index in [1.54, 1.807) is 18.2 Å². The Morgan fingerprint density at radius 3 is 2.95 bits per heavy atom. The van der Waals surface area contributed by atoms with E-state index < -0.39 is 12.0 Å². The first-order valence-corrected chi connectivity index (χ1v) is 7.49. The van der Waals surface area contributed by atoms with Crippen LogP contribution in [0.3, 0.4) is 0 Å². The van der Waals surface area contributed by atoms with Crippen LogP contribution in [0.15, 0.2) is 18.2 Å². The second-order valence-corrected chi connectivity index (χ2v) is 5.61. The second kappa shape index (κ2) is 7.47. The minimum atomic E-state index is -0.825. The normalized spacial score (nSPS) is 18.2. The highest BCUT2D eigenvalue weighted by molar-refractivity contribution is 6.31. The van der Waals surface area contributed by atoms with Crippen LogP contribution in [0.2, 0.25) is 5.02 Å². The summed E-state index contributed by atoms with van der Waals surface area (Å²) in [6.45, 7) is 1.14. The highest BCUT2D eigenvalue weighted by Crippen LogP contribution is 2.27. The van der Waals surface area contributed by atoms with E-state index in [-0.39, 0.29) is 12.3 Å². The van der Waals surface area contributed by atoms with Crippen molar-refractivity contribution in [2.75, 3.05) is 25.5 Å². The predicted octanol–water partition coefficient (Wildman–Crippen LogP) is 2.23. The lowest BCUT2D eigenvalue weighted by atomic mass is 10.2. The summed E-state index contributed by atoms with van der Waals surface area (Å²) in [6.07, 6.45) is 1.71. The molecular weight excluding hydrogens is 308 g/mol. The first kappa shape index (κ1) is 16.6. The summed E-state index contributed by atoms with van der Waals surface area (Å²) >= 11 is 5.91. The van der Waals surface area contributed by atoms with Gasteiger partial charge in [0.05, 0.1) is 12.8 Å². The molecule has 1 saturated heterocycles. The molecule has 2 N–H and O–H groups in total. The van der Waals surface area contributed by atoms with Crippen molar-refractivity contribution in [3.63, 3.8) is 0 Å². The van der Waals surface area contributed by atoms with Gasteiger partial charge in [0, 0.05) is 18.0 Å². The first-order chi connectivity index (χ1) is 10.5. The van der Waals surface area contributed by atoms with Crippen LogP contribution in [0.4, 0.5) is 5.69 Å². The zero-order valence-electron chi connectivity index (χ0n) is 12.3. The Kier molecular flexibility index (Phi) is 5.63. The van der Waals surface area contributed by atoms with Crippen LogP contribution >= 0.6 is 11.6 Å². The Morgan fingerprint density at radius 1 is 1.50 bits per heavy atom. The number of rotatable bonds is 6. The average molecular weight is 327 g/mol. The molecule has 0 spiro atoms. The maximum atomic E-state index is 12.0. The summed E-state index contributed by atoms with van der Waals surface area (Å²) in [6, 6.07) is 4.50. The molecule has 6 nitrogen and oxygen atoms in total. The van der Waals surface area contributed by atoms with Gasteiger partial charge in [-0.2, -0.15) is 0 Å². The van der Waals surface area contributed by atoms with Crippen molar-refractivity contribution in [3.05, 3.63) is 23.2 Å². The molecule has 1 aromatic carbocycles. The van der Waals surface area contributed by atoms with Crippen molar-refractivity contribution in [1.82, 2.24) is 4.90 Å². The van der Waals surface area contributed by atoms with Gasteiger partial charge in [-0.25, -0.2) is 0 Å². The number of amides is 1. The molecular formula is C15H19ClN2O4. The van der Waals surface area contributed by atoms with Crippen molar-refractivity contribution >= 4 is 29.2 Å². The Bertz CT molecular complexity index is 564. The molecule has 1 aromatic rings. The quantitative estimate of drug-likeness (QED) is 0.838. The lowest BCUT2D eigenvalue weighted by Crippen LogP contribution is -2.37. The van der Waals surface area contributed by atoms with Crippen molar-refractivity contribution in [1.29, 1.82) is 0 Å². The fraction of sp³-hybridized carbons (Fsp3) is 0.467. The number of hydrogen-bond acceptors (Lipinski definition) is 4. The van der Waals surface area contributed by atoms with E-state index in [4.69, 9.17) is 21.4 Å². The molecule has 0 aliphatic carbocycles. The van der Waals surface area contributed by atoms with Gasteiger partial charge in [0.25, 0.3) is 0 Å². The van der Waals surface area contributed by atoms with Gasteiger partial charge < -0.3 is 15.2 Å². The standard InChI is InChI=1S/C15H19ClN2O4/c1-22-13-5-4-10(16)9-11(13)17-14(19)6-8-18-7-2-3-12(18)15(20)21/h4-5,9,12H,2-3,6-8H2,1H3,(H,17,19)(H,20,21). The molecule has 1 heterocycles. The summed E-state index contributed by atoms with van der Waals surface area (Å²) < 4.78 is 5.17. The van der Waals surface area contributed by atoms with E-state index in [0.717, 1.165) is 6.42 Å². The molecule has 0 saturated carbocycles. The summed E-state index contributed by atoms with van der Waals surface area (Å²) in [5, 5.41) is 12.4. The van der Waals surface area contributed by atoms with E-state index in [9.17, 15) is 9.59 Å². The van der Waals surface area contributed by atoms with E-state index in [1.165, 1.54) is 7.11 Å². The van der Waals surface area contributed by atoms with Crippen LogP contribution in [0, 0.1) is 0 Å². The van der Waals surface area contributed by atoms with Gasteiger partial charge in [0.15, 0.2) is 0 Å². The molecule has 0 bridgehead atoms. The molecule has 1 unspecified atom stereocenters. The van der Waals surface area contributed by atoms with Crippen LogP contribution in [0.5, 0.6) is 5.75 Å². The van der Waals surface area contributed by atoms with Crippen molar-refractivity contribution in [3.8, 4) is 5.75 Å². The summed E-state index contributed by atoms with van der Waals surface area (Å²) in [4.78, 5) is 25.0. The number of aliphatic carboxylic acids is 1. The number of carboxylic acid groups (broad SMARTS) is 1. The van der Waals surface area contributed by atoms with E-state index >= 15 is 0 Å². The van der Waals surface area contributed by atoms with Crippen molar-refractivity contribution < 1.29 is 19.4 Å². The van der Waals surface area contributed by atoms with Gasteiger partial charge in [-0.3, -0.25) is 14.5 Å². The van der Waals surface area contributed by atoms with Crippen molar-refractivity contribution in [2.45, 2.75) is 25.3 Å². The number of benzene rings is 1. The van der Waals surface area contributed by atoms with Gasteiger partial charge in [0.2, 0.25) is 5.91 Å².